The number of amides is 2. The van der Waals surface area contributed by atoms with Crippen LogP contribution in [-0.2, 0) is 9.59 Å². The van der Waals surface area contributed by atoms with Gasteiger partial charge in [-0.25, -0.2) is 0 Å². The molecule has 0 saturated carbocycles. The average molecular weight is 328 g/mol. The summed E-state index contributed by atoms with van der Waals surface area (Å²) in [7, 11) is 0. The highest BCUT2D eigenvalue weighted by atomic mass is 79.9. The minimum atomic E-state index is -0.187. The van der Waals surface area contributed by atoms with Gasteiger partial charge in [0.2, 0.25) is 11.8 Å². The zero-order chi connectivity index (χ0) is 14.4. The quantitative estimate of drug-likeness (QED) is 0.776. The van der Waals surface area contributed by atoms with Crippen LogP contribution in [0.3, 0.4) is 0 Å². The molecular formula is C13H18BrN3O2. The first kappa shape index (κ1) is 15.7. The number of carbonyl (C=O) groups is 2. The van der Waals surface area contributed by atoms with Crippen LogP contribution in [0.25, 0.3) is 0 Å². The van der Waals surface area contributed by atoms with E-state index in [1.807, 2.05) is 6.92 Å². The number of anilines is 2. The molecule has 1 unspecified atom stereocenters. The molecule has 1 aromatic carbocycles. The lowest BCUT2D eigenvalue weighted by atomic mass is 10.2. The Kier molecular flexibility index (Phi) is 5.98. The zero-order valence-corrected chi connectivity index (χ0v) is 12.6. The average Bonchev–Trinajstić information content (AvgIpc) is 2.29. The van der Waals surface area contributed by atoms with Crippen LogP contribution in [0.5, 0.6) is 0 Å². The number of carbonyl (C=O) groups excluding carboxylic acids is 2. The molecule has 0 spiro atoms. The highest BCUT2D eigenvalue weighted by Gasteiger charge is 2.09. The molecule has 5 nitrogen and oxygen atoms in total. The van der Waals surface area contributed by atoms with Crippen LogP contribution in [0.2, 0.25) is 0 Å². The van der Waals surface area contributed by atoms with E-state index in [0.29, 0.717) is 24.2 Å². The molecule has 0 aliphatic rings. The number of nitrogens with one attached hydrogen (secondary N) is 2. The van der Waals surface area contributed by atoms with E-state index in [1.54, 1.807) is 18.2 Å². The van der Waals surface area contributed by atoms with E-state index < -0.39 is 0 Å². The van der Waals surface area contributed by atoms with E-state index in [1.165, 1.54) is 6.92 Å². The van der Waals surface area contributed by atoms with Crippen molar-refractivity contribution in [3.8, 4) is 0 Å². The molecule has 104 valence electrons. The Balaban J connectivity index is 2.77. The molecule has 1 atom stereocenters. The van der Waals surface area contributed by atoms with Gasteiger partial charge in [0.05, 0.1) is 11.4 Å². The fraction of sp³-hybridized carbons (Fsp3) is 0.385. The molecule has 0 saturated heterocycles. The van der Waals surface area contributed by atoms with Crippen molar-refractivity contribution in [3.05, 3.63) is 22.7 Å². The van der Waals surface area contributed by atoms with Crippen molar-refractivity contribution < 1.29 is 9.59 Å². The van der Waals surface area contributed by atoms with Gasteiger partial charge in [0, 0.05) is 23.9 Å². The van der Waals surface area contributed by atoms with Crippen LogP contribution in [0.4, 0.5) is 11.4 Å². The Hall–Kier alpha value is -1.40. The molecule has 2 amide bonds. The minimum Gasteiger partial charge on any atom is -0.328 e. The van der Waals surface area contributed by atoms with Crippen molar-refractivity contribution in [3.63, 3.8) is 0 Å². The summed E-state index contributed by atoms with van der Waals surface area (Å²) in [4.78, 5) is 22.9. The van der Waals surface area contributed by atoms with Crippen LogP contribution in [-0.4, -0.2) is 17.9 Å². The van der Waals surface area contributed by atoms with Gasteiger partial charge < -0.3 is 16.4 Å². The Labute approximate surface area is 121 Å². The fourth-order valence-corrected chi connectivity index (χ4v) is 1.85. The van der Waals surface area contributed by atoms with Gasteiger partial charge in [-0.2, -0.15) is 0 Å². The number of hydrogen-bond acceptors (Lipinski definition) is 3. The third kappa shape index (κ3) is 5.85. The summed E-state index contributed by atoms with van der Waals surface area (Å²) in [5.74, 6) is -0.310. The summed E-state index contributed by atoms with van der Waals surface area (Å²) in [5.41, 5.74) is 6.75. The molecule has 0 aromatic heterocycles. The summed E-state index contributed by atoms with van der Waals surface area (Å²) in [6.07, 6.45) is 0.971. The lowest BCUT2D eigenvalue weighted by Crippen LogP contribution is -2.20. The monoisotopic (exact) mass is 327 g/mol. The molecule has 6 heteroatoms. The summed E-state index contributed by atoms with van der Waals surface area (Å²) >= 11 is 3.33. The Morgan fingerprint density at radius 3 is 2.58 bits per heavy atom. The van der Waals surface area contributed by atoms with Crippen molar-refractivity contribution in [2.24, 2.45) is 5.73 Å². The molecule has 1 rings (SSSR count). The van der Waals surface area contributed by atoms with Crippen molar-refractivity contribution in [2.75, 3.05) is 10.6 Å². The molecule has 0 aliphatic carbocycles. The molecule has 0 radical (unpaired) electrons. The van der Waals surface area contributed by atoms with Crippen molar-refractivity contribution in [1.82, 2.24) is 0 Å². The highest BCUT2D eigenvalue weighted by molar-refractivity contribution is 9.10. The van der Waals surface area contributed by atoms with Gasteiger partial charge in [-0.1, -0.05) is 15.9 Å². The lowest BCUT2D eigenvalue weighted by molar-refractivity contribution is -0.116. The summed E-state index contributed by atoms with van der Waals surface area (Å²) in [6, 6.07) is 5.26. The maximum atomic E-state index is 11.8. The largest absolute Gasteiger partial charge is 0.328 e. The second-order valence-electron chi connectivity index (χ2n) is 4.44. The second-order valence-corrected chi connectivity index (χ2v) is 5.35. The van der Waals surface area contributed by atoms with Crippen LogP contribution in [0, 0.1) is 0 Å². The number of rotatable bonds is 5. The summed E-state index contributed by atoms with van der Waals surface area (Å²) < 4.78 is 0.823. The molecule has 19 heavy (non-hydrogen) atoms. The van der Waals surface area contributed by atoms with Gasteiger partial charge in [-0.05, 0) is 31.5 Å². The normalized spacial score (nSPS) is 11.8. The predicted octanol–water partition coefficient (Wildman–Crippen LogP) is 2.47. The Bertz CT molecular complexity index is 475. The first-order valence-electron chi connectivity index (χ1n) is 6.01. The number of halogens is 1. The number of hydrogen-bond donors (Lipinski definition) is 3. The van der Waals surface area contributed by atoms with E-state index in [9.17, 15) is 9.59 Å². The van der Waals surface area contributed by atoms with Gasteiger partial charge in [0.25, 0.3) is 0 Å². The molecule has 0 heterocycles. The van der Waals surface area contributed by atoms with Crippen LogP contribution in [0.1, 0.15) is 26.7 Å². The van der Waals surface area contributed by atoms with E-state index >= 15 is 0 Å². The first-order chi connectivity index (χ1) is 8.88. The van der Waals surface area contributed by atoms with Crippen LogP contribution >= 0.6 is 15.9 Å². The van der Waals surface area contributed by atoms with Gasteiger partial charge in [0.1, 0.15) is 0 Å². The maximum absolute atomic E-state index is 11.8. The molecule has 0 aliphatic heterocycles. The summed E-state index contributed by atoms with van der Waals surface area (Å²) in [6.45, 7) is 3.28. The van der Waals surface area contributed by atoms with Crippen molar-refractivity contribution >= 4 is 39.1 Å². The van der Waals surface area contributed by atoms with Crippen molar-refractivity contribution in [1.29, 1.82) is 0 Å². The lowest BCUT2D eigenvalue weighted by Gasteiger charge is -2.12. The van der Waals surface area contributed by atoms with Gasteiger partial charge in [-0.15, -0.1) is 0 Å². The first-order valence-corrected chi connectivity index (χ1v) is 6.80. The third-order valence-electron chi connectivity index (χ3n) is 2.39. The van der Waals surface area contributed by atoms with E-state index in [2.05, 4.69) is 26.6 Å². The standard InChI is InChI=1S/C13H18BrN3O2/c1-8(15)3-6-13(19)17-12-7-10(14)4-5-11(12)16-9(2)18/h4-5,7-8H,3,6,15H2,1-2H3,(H,16,18)(H,17,19). The second kappa shape index (κ2) is 7.25. The fourth-order valence-electron chi connectivity index (χ4n) is 1.49. The molecule has 0 fully saturated rings. The van der Waals surface area contributed by atoms with Gasteiger partial charge >= 0.3 is 0 Å². The Morgan fingerprint density at radius 2 is 2.00 bits per heavy atom. The maximum Gasteiger partial charge on any atom is 0.224 e. The SMILES string of the molecule is CC(=O)Nc1ccc(Br)cc1NC(=O)CCC(C)N. The summed E-state index contributed by atoms with van der Waals surface area (Å²) in [5, 5.41) is 5.44. The van der Waals surface area contributed by atoms with E-state index in [-0.39, 0.29) is 17.9 Å². The molecule has 1 aromatic rings. The Morgan fingerprint density at radius 1 is 1.32 bits per heavy atom. The van der Waals surface area contributed by atoms with Gasteiger partial charge in [0.15, 0.2) is 0 Å². The molecule has 4 N–H and O–H groups in total. The van der Waals surface area contributed by atoms with Crippen LogP contribution in [0.15, 0.2) is 22.7 Å². The molecule has 0 bridgehead atoms. The number of nitrogens with two attached hydrogens (primary N) is 1. The van der Waals surface area contributed by atoms with Gasteiger partial charge in [-0.3, -0.25) is 9.59 Å². The van der Waals surface area contributed by atoms with Crippen molar-refractivity contribution in [2.45, 2.75) is 32.7 Å². The smallest absolute Gasteiger partial charge is 0.224 e. The molecular weight excluding hydrogens is 310 g/mol. The highest BCUT2D eigenvalue weighted by Crippen LogP contribution is 2.26. The topological polar surface area (TPSA) is 84.2 Å². The zero-order valence-electron chi connectivity index (χ0n) is 11.0. The van der Waals surface area contributed by atoms with E-state index in [4.69, 9.17) is 5.73 Å². The van der Waals surface area contributed by atoms with Crippen LogP contribution < -0.4 is 16.4 Å². The predicted molar refractivity (Wildman–Crippen MR) is 80.0 cm³/mol. The third-order valence-corrected chi connectivity index (χ3v) is 2.89. The minimum absolute atomic E-state index is 0.0110. The van der Waals surface area contributed by atoms with E-state index in [0.717, 1.165) is 4.47 Å². The number of benzene rings is 1.